The van der Waals surface area contributed by atoms with Crippen molar-refractivity contribution in [3.05, 3.63) is 48.4 Å². The highest BCUT2D eigenvalue weighted by atomic mass is 15.3. The van der Waals surface area contributed by atoms with Gasteiger partial charge < -0.3 is 21.8 Å². The lowest BCUT2D eigenvalue weighted by Crippen LogP contribution is -2.26. The molecule has 3 aromatic heterocycles. The van der Waals surface area contributed by atoms with Crippen LogP contribution in [0.3, 0.4) is 0 Å². The van der Waals surface area contributed by atoms with E-state index in [9.17, 15) is 0 Å². The average Bonchev–Trinajstić information content (AvgIpc) is 3.32. The Labute approximate surface area is 156 Å². The van der Waals surface area contributed by atoms with Gasteiger partial charge in [0.25, 0.3) is 0 Å². The number of nitrogens with zero attached hydrogens (tertiary/aromatic N) is 3. The summed E-state index contributed by atoms with van der Waals surface area (Å²) in [5.41, 5.74) is 17.3. The van der Waals surface area contributed by atoms with E-state index in [1.54, 1.807) is 10.7 Å². The zero-order valence-corrected chi connectivity index (χ0v) is 15.0. The van der Waals surface area contributed by atoms with Crippen LogP contribution in [0.5, 0.6) is 0 Å². The third-order valence-corrected chi connectivity index (χ3v) is 5.61. The van der Waals surface area contributed by atoms with Gasteiger partial charge in [0.05, 0.1) is 5.69 Å². The van der Waals surface area contributed by atoms with Crippen LogP contribution in [0.1, 0.15) is 37.2 Å². The van der Waals surface area contributed by atoms with Crippen molar-refractivity contribution in [2.45, 2.75) is 37.6 Å². The number of H-pyrrole nitrogens is 1. The maximum absolute atomic E-state index is 6.56. The molecule has 0 radical (unpaired) electrons. The topological polar surface area (TPSA) is 110 Å². The number of nitrogens with two attached hydrogens (primary N) is 2. The Morgan fingerprint density at radius 1 is 1.15 bits per heavy atom. The van der Waals surface area contributed by atoms with Gasteiger partial charge in [-0.2, -0.15) is 0 Å². The second-order valence-electron chi connectivity index (χ2n) is 7.39. The molecule has 0 unspecified atom stereocenters. The third-order valence-electron chi connectivity index (χ3n) is 5.61. The number of nitrogen functional groups attached to an aromatic ring is 1. The molecule has 0 aliphatic heterocycles. The summed E-state index contributed by atoms with van der Waals surface area (Å²) in [6.45, 7) is 0. The number of benzene rings is 1. The first-order valence-corrected chi connectivity index (χ1v) is 9.41. The zero-order chi connectivity index (χ0) is 18.4. The van der Waals surface area contributed by atoms with Gasteiger partial charge in [-0.1, -0.05) is 0 Å². The molecule has 138 valence electrons. The Bertz CT molecular complexity index is 1100. The van der Waals surface area contributed by atoms with Crippen molar-refractivity contribution in [2.24, 2.45) is 5.73 Å². The molecule has 1 saturated carbocycles. The van der Waals surface area contributed by atoms with Crippen molar-refractivity contribution in [2.75, 3.05) is 11.1 Å². The molecule has 5 rings (SSSR count). The molecule has 0 bridgehead atoms. The lowest BCUT2D eigenvalue weighted by molar-refractivity contribution is 0.396. The first-order chi connectivity index (χ1) is 13.2. The Balaban J connectivity index is 1.59. The molecule has 0 spiro atoms. The number of imidazole rings is 1. The Morgan fingerprint density at radius 2 is 2.00 bits per heavy atom. The monoisotopic (exact) mass is 361 g/mol. The van der Waals surface area contributed by atoms with E-state index in [0.717, 1.165) is 53.7 Å². The van der Waals surface area contributed by atoms with Gasteiger partial charge in [0.2, 0.25) is 0 Å². The molecule has 6 N–H and O–H groups in total. The highest BCUT2D eigenvalue weighted by Crippen LogP contribution is 2.40. The molecule has 0 saturated heterocycles. The zero-order valence-electron chi connectivity index (χ0n) is 15.0. The van der Waals surface area contributed by atoms with Crippen LogP contribution in [0.25, 0.3) is 16.6 Å². The first-order valence-electron chi connectivity index (χ1n) is 9.41. The molecular weight excluding hydrogens is 338 g/mol. The molecular formula is C20H23N7. The van der Waals surface area contributed by atoms with E-state index in [4.69, 9.17) is 16.6 Å². The second-order valence-corrected chi connectivity index (χ2v) is 7.39. The molecule has 4 aromatic rings. The average molecular weight is 361 g/mol. The maximum Gasteiger partial charge on any atom is 0.177 e. The van der Waals surface area contributed by atoms with Crippen LogP contribution < -0.4 is 16.8 Å². The van der Waals surface area contributed by atoms with Gasteiger partial charge >= 0.3 is 0 Å². The standard InChI is InChI=1S/C20H23N7/c21-14-3-1-12(2-4-14)17-18(22)20-24-9-10-27(20)26-19(17)25-15-5-6-16-13(11-15)7-8-23-16/h5-12,14,23H,1-4,21-22H2,(H,25,26). The van der Waals surface area contributed by atoms with Crippen molar-refractivity contribution < 1.29 is 0 Å². The van der Waals surface area contributed by atoms with Gasteiger partial charge in [-0.25, -0.2) is 9.50 Å². The first kappa shape index (κ1) is 16.1. The largest absolute Gasteiger partial charge is 0.395 e. The molecule has 1 aromatic carbocycles. The summed E-state index contributed by atoms with van der Waals surface area (Å²) >= 11 is 0. The smallest absolute Gasteiger partial charge is 0.177 e. The fourth-order valence-corrected chi connectivity index (χ4v) is 4.16. The SMILES string of the molecule is Nc1c(C2CCC(N)CC2)c(Nc2ccc3[nH]ccc3c2)nn2ccnc12. The molecule has 27 heavy (non-hydrogen) atoms. The summed E-state index contributed by atoms with van der Waals surface area (Å²) < 4.78 is 1.74. The number of anilines is 3. The molecule has 0 amide bonds. The summed E-state index contributed by atoms with van der Waals surface area (Å²) in [5.74, 6) is 1.14. The van der Waals surface area contributed by atoms with E-state index in [0.29, 0.717) is 17.3 Å². The van der Waals surface area contributed by atoms with Crippen LogP contribution in [0.2, 0.25) is 0 Å². The van der Waals surface area contributed by atoms with E-state index >= 15 is 0 Å². The van der Waals surface area contributed by atoms with Crippen LogP contribution in [-0.4, -0.2) is 25.6 Å². The predicted molar refractivity (Wildman–Crippen MR) is 108 cm³/mol. The number of fused-ring (bicyclic) bond motifs is 2. The molecule has 1 aliphatic carbocycles. The fraction of sp³-hybridized carbons (Fsp3) is 0.300. The quantitative estimate of drug-likeness (QED) is 0.446. The number of aromatic amines is 1. The van der Waals surface area contributed by atoms with E-state index in [-0.39, 0.29) is 6.04 Å². The summed E-state index contributed by atoms with van der Waals surface area (Å²) in [4.78, 5) is 7.61. The summed E-state index contributed by atoms with van der Waals surface area (Å²) in [6, 6.07) is 8.58. The highest BCUT2D eigenvalue weighted by Gasteiger charge is 2.27. The molecule has 0 atom stereocenters. The van der Waals surface area contributed by atoms with Crippen molar-refractivity contribution in [3.8, 4) is 0 Å². The van der Waals surface area contributed by atoms with Gasteiger partial charge in [-0.05, 0) is 55.9 Å². The minimum absolute atomic E-state index is 0.290. The number of hydrogen-bond acceptors (Lipinski definition) is 5. The van der Waals surface area contributed by atoms with E-state index in [1.807, 2.05) is 12.4 Å². The van der Waals surface area contributed by atoms with Crippen LogP contribution in [-0.2, 0) is 0 Å². The van der Waals surface area contributed by atoms with Crippen molar-refractivity contribution in [1.29, 1.82) is 0 Å². The number of aromatic nitrogens is 4. The van der Waals surface area contributed by atoms with E-state index < -0.39 is 0 Å². The highest BCUT2D eigenvalue weighted by molar-refractivity contribution is 5.85. The normalized spacial score (nSPS) is 20.3. The van der Waals surface area contributed by atoms with Crippen molar-refractivity contribution in [1.82, 2.24) is 19.6 Å². The summed E-state index contributed by atoms with van der Waals surface area (Å²) in [7, 11) is 0. The van der Waals surface area contributed by atoms with Crippen LogP contribution in [0.4, 0.5) is 17.2 Å². The number of nitrogens with one attached hydrogen (secondary N) is 2. The Morgan fingerprint density at radius 3 is 2.85 bits per heavy atom. The van der Waals surface area contributed by atoms with Gasteiger partial charge in [0.15, 0.2) is 11.5 Å². The Hall–Kier alpha value is -3.06. The van der Waals surface area contributed by atoms with Gasteiger partial charge in [0.1, 0.15) is 0 Å². The molecule has 3 heterocycles. The minimum Gasteiger partial charge on any atom is -0.395 e. The lowest BCUT2D eigenvalue weighted by atomic mass is 9.81. The van der Waals surface area contributed by atoms with Gasteiger partial charge in [-0.3, -0.25) is 0 Å². The van der Waals surface area contributed by atoms with E-state index in [1.165, 1.54) is 0 Å². The summed E-state index contributed by atoms with van der Waals surface area (Å²) in [6.07, 6.45) is 9.57. The van der Waals surface area contributed by atoms with Crippen molar-refractivity contribution in [3.63, 3.8) is 0 Å². The molecule has 1 aliphatic rings. The maximum atomic E-state index is 6.56. The Kier molecular flexibility index (Phi) is 3.75. The van der Waals surface area contributed by atoms with Crippen molar-refractivity contribution >= 4 is 33.7 Å². The molecule has 1 fully saturated rings. The van der Waals surface area contributed by atoms with E-state index in [2.05, 4.69) is 39.6 Å². The summed E-state index contributed by atoms with van der Waals surface area (Å²) in [5, 5.41) is 9.43. The predicted octanol–water partition coefficient (Wildman–Crippen LogP) is 3.52. The van der Waals surface area contributed by atoms with Gasteiger partial charge in [0, 0.05) is 46.8 Å². The molecule has 7 heteroatoms. The lowest BCUT2D eigenvalue weighted by Gasteiger charge is -2.28. The van der Waals surface area contributed by atoms with Gasteiger partial charge in [-0.15, -0.1) is 5.10 Å². The number of rotatable bonds is 3. The number of hydrogen-bond donors (Lipinski definition) is 4. The van der Waals surface area contributed by atoms with Crippen LogP contribution in [0.15, 0.2) is 42.9 Å². The fourth-order valence-electron chi connectivity index (χ4n) is 4.16. The second kappa shape index (κ2) is 6.28. The minimum atomic E-state index is 0.290. The van der Waals surface area contributed by atoms with Crippen LogP contribution >= 0.6 is 0 Å². The third kappa shape index (κ3) is 2.80. The van der Waals surface area contributed by atoms with Crippen LogP contribution in [0, 0.1) is 0 Å². The molecule has 7 nitrogen and oxygen atoms in total.